The van der Waals surface area contributed by atoms with Crippen LogP contribution < -0.4 is 25.2 Å². The monoisotopic (exact) mass is 601 g/mol. The number of nitrogens with one attached hydrogen (secondary N) is 1. The number of amides is 1. The minimum Gasteiger partial charge on any atom is -0.486 e. The summed E-state index contributed by atoms with van der Waals surface area (Å²) in [6, 6.07) is 7.61. The molecule has 1 aliphatic carbocycles. The molecule has 0 radical (unpaired) electrons. The van der Waals surface area contributed by atoms with Crippen LogP contribution in [0.3, 0.4) is 0 Å². The third kappa shape index (κ3) is 5.81. The molecule has 3 heterocycles. The van der Waals surface area contributed by atoms with Crippen molar-refractivity contribution in [2.45, 2.75) is 25.5 Å². The predicted molar refractivity (Wildman–Crippen MR) is 150 cm³/mol. The van der Waals surface area contributed by atoms with Gasteiger partial charge in [-0.25, -0.2) is 17.2 Å². The van der Waals surface area contributed by atoms with Crippen LogP contribution in [0.2, 0.25) is 0 Å². The highest BCUT2D eigenvalue weighted by Crippen LogP contribution is 2.45. The summed E-state index contributed by atoms with van der Waals surface area (Å²) >= 11 is 0. The molecule has 0 spiro atoms. The number of rotatable bonds is 8. The molecule has 14 heteroatoms. The van der Waals surface area contributed by atoms with Crippen molar-refractivity contribution in [2.24, 2.45) is 5.41 Å². The normalized spacial score (nSPS) is 18.2. The van der Waals surface area contributed by atoms with E-state index in [0.717, 1.165) is 29.7 Å². The Labute approximate surface area is 240 Å². The van der Waals surface area contributed by atoms with Crippen molar-refractivity contribution in [3.05, 3.63) is 70.1 Å². The molecule has 1 saturated carbocycles. The van der Waals surface area contributed by atoms with Crippen LogP contribution >= 0.6 is 0 Å². The number of aromatic nitrogens is 2. The van der Waals surface area contributed by atoms with Crippen molar-refractivity contribution in [1.82, 2.24) is 14.1 Å². The van der Waals surface area contributed by atoms with Crippen LogP contribution in [-0.4, -0.2) is 67.8 Å². The Morgan fingerprint density at radius 2 is 1.76 bits per heavy atom. The minimum absolute atomic E-state index is 0.00238. The van der Waals surface area contributed by atoms with Crippen molar-refractivity contribution < 1.29 is 31.5 Å². The number of anilines is 2. The smallest absolute Gasteiger partial charge is 0.316 e. The van der Waals surface area contributed by atoms with Crippen LogP contribution in [0.1, 0.15) is 25.3 Å². The van der Waals surface area contributed by atoms with E-state index >= 15 is 0 Å². The number of fused-ring (bicyclic) bond motifs is 1. The van der Waals surface area contributed by atoms with E-state index in [1.807, 2.05) is 11.8 Å². The Morgan fingerprint density at radius 1 is 1.05 bits per heavy atom. The molecule has 6 rings (SSSR count). The van der Waals surface area contributed by atoms with Gasteiger partial charge < -0.3 is 19.7 Å². The summed E-state index contributed by atoms with van der Waals surface area (Å²) in [5.74, 6) is -1.78. The maximum atomic E-state index is 13.9. The molecular formula is C28H29F2N5O6S. The molecule has 222 valence electrons. The van der Waals surface area contributed by atoms with Crippen molar-refractivity contribution >= 4 is 27.3 Å². The third-order valence-corrected chi connectivity index (χ3v) is 9.52. The number of halogens is 2. The largest absolute Gasteiger partial charge is 0.486 e. The number of carbonyl (C=O) groups excluding carboxylic acids is 1. The fourth-order valence-electron chi connectivity index (χ4n) is 4.97. The van der Waals surface area contributed by atoms with Crippen molar-refractivity contribution in [2.75, 3.05) is 49.6 Å². The number of piperazine rings is 1. The van der Waals surface area contributed by atoms with Crippen molar-refractivity contribution in [1.29, 1.82) is 0 Å². The number of benzene rings is 2. The Morgan fingerprint density at radius 3 is 2.45 bits per heavy atom. The van der Waals surface area contributed by atoms with Gasteiger partial charge in [-0.3, -0.25) is 9.59 Å². The van der Waals surface area contributed by atoms with E-state index in [1.54, 1.807) is 18.2 Å². The standard InChI is InChI=1S/C28H29F2N5O6S/c1-28(4-5-28)17-41-26-23(14-31-35(27(26)37)21-12-19(29)11-20(30)13-21)33-6-8-34(9-7-33)42(38,39)16-18-2-3-24-22(10-18)32-25(36)15-40-24/h2-3,10-14H,4-9,15-17H2,1H3,(H,32,36). The van der Waals surface area contributed by atoms with E-state index in [0.29, 0.717) is 28.8 Å². The molecule has 3 aliphatic rings. The highest BCUT2D eigenvalue weighted by Gasteiger charge is 2.39. The molecular weight excluding hydrogens is 572 g/mol. The van der Waals surface area contributed by atoms with Gasteiger partial charge in [0.25, 0.3) is 5.91 Å². The first-order valence-electron chi connectivity index (χ1n) is 13.5. The lowest BCUT2D eigenvalue weighted by molar-refractivity contribution is -0.118. The quantitative estimate of drug-likeness (QED) is 0.418. The molecule has 1 N–H and O–H groups in total. The van der Waals surface area contributed by atoms with E-state index in [2.05, 4.69) is 10.4 Å². The summed E-state index contributed by atoms with van der Waals surface area (Å²) < 4.78 is 68.0. The highest BCUT2D eigenvalue weighted by molar-refractivity contribution is 7.88. The zero-order valence-electron chi connectivity index (χ0n) is 22.8. The zero-order valence-corrected chi connectivity index (χ0v) is 23.6. The first-order valence-corrected chi connectivity index (χ1v) is 15.1. The van der Waals surface area contributed by atoms with Crippen LogP contribution in [0.4, 0.5) is 20.2 Å². The van der Waals surface area contributed by atoms with Gasteiger partial charge in [0, 0.05) is 37.7 Å². The molecule has 1 amide bonds. The SMILES string of the molecule is CC1(COc2c(N3CCN(S(=O)(=O)Cc4ccc5c(c4)NC(=O)CO5)CC3)cnn(-c3cc(F)cc(F)c3)c2=O)CC1. The second kappa shape index (κ2) is 10.7. The van der Waals surface area contributed by atoms with Crippen LogP contribution in [0, 0.1) is 17.0 Å². The average Bonchev–Trinajstić information content (AvgIpc) is 3.68. The fourth-order valence-corrected chi connectivity index (χ4v) is 6.47. The molecule has 3 aromatic rings. The van der Waals surface area contributed by atoms with Gasteiger partial charge in [-0.2, -0.15) is 14.1 Å². The maximum Gasteiger partial charge on any atom is 0.316 e. The van der Waals surface area contributed by atoms with Gasteiger partial charge in [0.05, 0.1) is 29.9 Å². The topological polar surface area (TPSA) is 123 Å². The van der Waals surface area contributed by atoms with Gasteiger partial charge in [-0.05, 0) is 42.7 Å². The summed E-state index contributed by atoms with van der Waals surface area (Å²) in [6.07, 6.45) is 3.32. The lowest BCUT2D eigenvalue weighted by Gasteiger charge is -2.35. The van der Waals surface area contributed by atoms with Crippen molar-refractivity contribution in [3.63, 3.8) is 0 Å². The van der Waals surface area contributed by atoms with Crippen LogP contribution in [0.5, 0.6) is 11.5 Å². The Kier molecular flexibility index (Phi) is 7.13. The molecule has 0 bridgehead atoms. The molecule has 2 fully saturated rings. The molecule has 11 nitrogen and oxygen atoms in total. The maximum absolute atomic E-state index is 13.9. The Hall–Kier alpha value is -4.04. The average molecular weight is 602 g/mol. The first kappa shape index (κ1) is 28.1. The summed E-state index contributed by atoms with van der Waals surface area (Å²) in [7, 11) is -3.70. The predicted octanol–water partition coefficient (Wildman–Crippen LogP) is 2.67. The Bertz CT molecular complexity index is 1700. The molecule has 0 unspecified atom stereocenters. The summed E-state index contributed by atoms with van der Waals surface area (Å²) in [6.45, 7) is 3.08. The van der Waals surface area contributed by atoms with Crippen LogP contribution in [0.15, 0.2) is 47.4 Å². The minimum atomic E-state index is -3.70. The number of nitrogens with zero attached hydrogens (tertiary/aromatic N) is 4. The van der Waals surface area contributed by atoms with Gasteiger partial charge in [-0.15, -0.1) is 0 Å². The molecule has 0 atom stereocenters. The molecule has 1 saturated heterocycles. The van der Waals surface area contributed by atoms with Gasteiger partial charge in [0.1, 0.15) is 23.1 Å². The van der Waals surface area contributed by atoms with Crippen LogP contribution in [0.25, 0.3) is 5.69 Å². The summed E-state index contributed by atoms with van der Waals surface area (Å²) in [4.78, 5) is 27.0. The van der Waals surface area contributed by atoms with E-state index < -0.39 is 27.2 Å². The zero-order chi connectivity index (χ0) is 29.6. The molecule has 2 aliphatic heterocycles. The molecule has 42 heavy (non-hydrogen) atoms. The highest BCUT2D eigenvalue weighted by atomic mass is 32.2. The van der Waals surface area contributed by atoms with E-state index in [9.17, 15) is 26.8 Å². The summed E-state index contributed by atoms with van der Waals surface area (Å²) in [5.41, 5.74) is 0.532. The van der Waals surface area contributed by atoms with Gasteiger partial charge in [0.15, 0.2) is 6.61 Å². The fraction of sp³-hybridized carbons (Fsp3) is 0.393. The Balaban J connectivity index is 1.20. The van der Waals surface area contributed by atoms with Crippen molar-refractivity contribution in [3.8, 4) is 17.2 Å². The van der Waals surface area contributed by atoms with E-state index in [1.165, 1.54) is 10.5 Å². The third-order valence-electron chi connectivity index (χ3n) is 7.67. The van der Waals surface area contributed by atoms with E-state index in [4.69, 9.17) is 9.47 Å². The number of ether oxygens (including phenoxy) is 2. The molecule has 1 aromatic heterocycles. The van der Waals surface area contributed by atoms with Gasteiger partial charge >= 0.3 is 5.56 Å². The number of carbonyl (C=O) groups is 1. The van der Waals surface area contributed by atoms with Gasteiger partial charge in [0.2, 0.25) is 15.8 Å². The second-order valence-electron chi connectivity index (χ2n) is 11.1. The lowest BCUT2D eigenvalue weighted by Crippen LogP contribution is -2.49. The number of hydrogen-bond donors (Lipinski definition) is 1. The number of hydrogen-bond acceptors (Lipinski definition) is 8. The summed E-state index contributed by atoms with van der Waals surface area (Å²) in [5, 5.41) is 6.85. The van der Waals surface area contributed by atoms with E-state index in [-0.39, 0.29) is 67.9 Å². The molecule has 2 aromatic carbocycles. The number of sulfonamides is 1. The second-order valence-corrected chi connectivity index (χ2v) is 13.1. The lowest BCUT2D eigenvalue weighted by atomic mass is 10.2. The van der Waals surface area contributed by atoms with Crippen LogP contribution in [-0.2, 0) is 20.6 Å². The first-order chi connectivity index (χ1) is 20.0. The van der Waals surface area contributed by atoms with Gasteiger partial charge in [-0.1, -0.05) is 13.0 Å².